The Morgan fingerprint density at radius 3 is 2.29 bits per heavy atom. The van der Waals surface area contributed by atoms with Crippen molar-refractivity contribution in [1.82, 2.24) is 4.57 Å². The van der Waals surface area contributed by atoms with Gasteiger partial charge in [-0.05, 0) is 63.4 Å². The Labute approximate surface area is 103 Å². The minimum atomic E-state index is 0.868. The molecule has 0 aromatic carbocycles. The highest BCUT2D eigenvalue weighted by Gasteiger charge is 2.41. The zero-order chi connectivity index (χ0) is 12.0. The summed E-state index contributed by atoms with van der Waals surface area (Å²) < 4.78 is 2.37. The molecule has 1 heterocycles. The Hall–Kier alpha value is -1.05. The van der Waals surface area contributed by atoms with Crippen LogP contribution in [0.4, 0.5) is 0 Å². The summed E-state index contributed by atoms with van der Waals surface area (Å²) in [6.45, 7) is 5.34. The molecule has 2 nitrogen and oxygen atoms in total. The maximum absolute atomic E-state index is 11.0. The van der Waals surface area contributed by atoms with Gasteiger partial charge in [-0.3, -0.25) is 4.79 Å². The van der Waals surface area contributed by atoms with Gasteiger partial charge in [0.2, 0.25) is 0 Å². The lowest BCUT2D eigenvalue weighted by molar-refractivity contribution is 0.112. The van der Waals surface area contributed by atoms with Gasteiger partial charge in [0.25, 0.3) is 0 Å². The van der Waals surface area contributed by atoms with Crippen LogP contribution in [0, 0.1) is 31.6 Å². The van der Waals surface area contributed by atoms with Crippen molar-refractivity contribution < 1.29 is 4.79 Å². The Kier molecular flexibility index (Phi) is 2.61. The fourth-order valence-electron chi connectivity index (χ4n) is 3.17. The molecule has 1 aromatic heterocycles. The molecule has 0 atom stereocenters. The second-order valence-corrected chi connectivity index (χ2v) is 5.89. The lowest BCUT2D eigenvalue weighted by Crippen LogP contribution is -2.16. The van der Waals surface area contributed by atoms with Crippen molar-refractivity contribution in [2.24, 2.45) is 17.8 Å². The number of carbonyl (C=O) groups excluding carboxylic acids is 1. The summed E-state index contributed by atoms with van der Waals surface area (Å²) in [6.07, 6.45) is 6.71. The fraction of sp³-hybridized carbons (Fsp3) is 0.667. The van der Waals surface area contributed by atoms with E-state index in [1.54, 1.807) is 0 Å². The van der Waals surface area contributed by atoms with E-state index in [0.717, 1.165) is 41.8 Å². The van der Waals surface area contributed by atoms with Gasteiger partial charge in [0.05, 0.1) is 0 Å². The quantitative estimate of drug-likeness (QED) is 0.712. The molecule has 0 amide bonds. The molecule has 3 rings (SSSR count). The van der Waals surface area contributed by atoms with Crippen LogP contribution < -0.4 is 0 Å². The monoisotopic (exact) mass is 231 g/mol. The molecule has 0 bridgehead atoms. The largest absolute Gasteiger partial charge is 0.348 e. The topological polar surface area (TPSA) is 22.0 Å². The number of hydrogen-bond donors (Lipinski definition) is 0. The van der Waals surface area contributed by atoms with Gasteiger partial charge < -0.3 is 4.57 Å². The number of carbonyl (C=O) groups is 1. The SMILES string of the molecule is Cc1cc(C=O)c(C)n1CC(C1CC1)C1CC1. The van der Waals surface area contributed by atoms with E-state index < -0.39 is 0 Å². The molecule has 0 aliphatic heterocycles. The molecule has 1 aromatic rings. The van der Waals surface area contributed by atoms with Gasteiger partial charge in [-0.2, -0.15) is 0 Å². The van der Waals surface area contributed by atoms with E-state index in [9.17, 15) is 4.79 Å². The lowest BCUT2D eigenvalue weighted by atomic mass is 9.97. The average molecular weight is 231 g/mol. The molecule has 0 saturated heterocycles. The second kappa shape index (κ2) is 4.01. The Morgan fingerprint density at radius 2 is 1.88 bits per heavy atom. The standard InChI is InChI=1S/C15H21NO/c1-10-7-14(9-17)11(2)16(10)8-15(12-3-4-12)13-5-6-13/h7,9,12-13,15H,3-6,8H2,1-2H3. The molecule has 92 valence electrons. The van der Waals surface area contributed by atoms with Crippen LogP contribution >= 0.6 is 0 Å². The lowest BCUT2D eigenvalue weighted by Gasteiger charge is -2.19. The first-order chi connectivity index (χ1) is 8.20. The van der Waals surface area contributed by atoms with Gasteiger partial charge >= 0.3 is 0 Å². The number of aryl methyl sites for hydroxylation is 1. The predicted octanol–water partition coefficient (Wildman–Crippen LogP) is 3.35. The van der Waals surface area contributed by atoms with Crippen LogP contribution in [-0.2, 0) is 6.54 Å². The minimum Gasteiger partial charge on any atom is -0.348 e. The molecule has 2 heteroatoms. The zero-order valence-electron chi connectivity index (χ0n) is 10.8. The van der Waals surface area contributed by atoms with Gasteiger partial charge in [0.15, 0.2) is 6.29 Å². The molecule has 0 unspecified atom stereocenters. The van der Waals surface area contributed by atoms with Gasteiger partial charge in [-0.25, -0.2) is 0 Å². The van der Waals surface area contributed by atoms with E-state index in [4.69, 9.17) is 0 Å². The minimum absolute atomic E-state index is 0.868. The fourth-order valence-corrected chi connectivity index (χ4v) is 3.17. The number of nitrogens with zero attached hydrogens (tertiary/aromatic N) is 1. The van der Waals surface area contributed by atoms with Crippen LogP contribution in [0.3, 0.4) is 0 Å². The second-order valence-electron chi connectivity index (χ2n) is 5.89. The summed E-state index contributed by atoms with van der Waals surface area (Å²) in [5, 5.41) is 0. The normalized spacial score (nSPS) is 19.9. The van der Waals surface area contributed by atoms with E-state index >= 15 is 0 Å². The van der Waals surface area contributed by atoms with Crippen LogP contribution in [0.25, 0.3) is 0 Å². The first-order valence-corrected chi connectivity index (χ1v) is 6.82. The first kappa shape index (κ1) is 11.1. The van der Waals surface area contributed by atoms with Crippen LogP contribution in [0.1, 0.15) is 47.4 Å². The maximum Gasteiger partial charge on any atom is 0.151 e. The molecule has 17 heavy (non-hydrogen) atoms. The number of rotatable bonds is 5. The van der Waals surface area contributed by atoms with Crippen LogP contribution in [0.15, 0.2) is 6.07 Å². The molecule has 2 aliphatic carbocycles. The highest BCUT2D eigenvalue weighted by atomic mass is 16.1. The summed E-state index contributed by atoms with van der Waals surface area (Å²) in [5.74, 6) is 2.83. The van der Waals surface area contributed by atoms with Gasteiger partial charge in [-0.15, -0.1) is 0 Å². The molecule has 0 radical (unpaired) electrons. The zero-order valence-corrected chi connectivity index (χ0v) is 10.8. The predicted molar refractivity (Wildman–Crippen MR) is 68.2 cm³/mol. The van der Waals surface area contributed by atoms with E-state index in [1.165, 1.54) is 31.4 Å². The van der Waals surface area contributed by atoms with E-state index in [0.29, 0.717) is 0 Å². The average Bonchev–Trinajstić information content (AvgIpc) is 3.17. The molecule has 2 saturated carbocycles. The van der Waals surface area contributed by atoms with E-state index in [-0.39, 0.29) is 0 Å². The molecular formula is C15H21NO. The molecular weight excluding hydrogens is 210 g/mol. The Balaban J connectivity index is 1.83. The third kappa shape index (κ3) is 2.05. The Morgan fingerprint density at radius 1 is 1.29 bits per heavy atom. The van der Waals surface area contributed by atoms with Gasteiger partial charge in [0, 0.05) is 23.5 Å². The van der Waals surface area contributed by atoms with Gasteiger partial charge in [0.1, 0.15) is 0 Å². The molecule has 2 aliphatic rings. The Bertz CT molecular complexity index is 426. The van der Waals surface area contributed by atoms with E-state index in [1.807, 2.05) is 6.07 Å². The summed E-state index contributed by atoms with van der Waals surface area (Å²) in [7, 11) is 0. The van der Waals surface area contributed by atoms with Crippen molar-refractivity contribution in [3.63, 3.8) is 0 Å². The number of hydrogen-bond acceptors (Lipinski definition) is 1. The number of aldehydes is 1. The third-order valence-electron chi connectivity index (χ3n) is 4.59. The van der Waals surface area contributed by atoms with Crippen molar-refractivity contribution in [3.8, 4) is 0 Å². The van der Waals surface area contributed by atoms with Crippen molar-refractivity contribution in [2.45, 2.75) is 46.1 Å². The third-order valence-corrected chi connectivity index (χ3v) is 4.59. The van der Waals surface area contributed by atoms with E-state index in [2.05, 4.69) is 18.4 Å². The van der Waals surface area contributed by atoms with Crippen molar-refractivity contribution in [3.05, 3.63) is 23.0 Å². The van der Waals surface area contributed by atoms with Gasteiger partial charge in [-0.1, -0.05) is 0 Å². The molecule has 0 N–H and O–H groups in total. The summed E-state index contributed by atoms with van der Waals surface area (Å²) >= 11 is 0. The molecule has 0 spiro atoms. The highest BCUT2D eigenvalue weighted by molar-refractivity contribution is 5.77. The van der Waals surface area contributed by atoms with Crippen LogP contribution in [0.2, 0.25) is 0 Å². The van der Waals surface area contributed by atoms with Crippen molar-refractivity contribution in [1.29, 1.82) is 0 Å². The van der Waals surface area contributed by atoms with Crippen molar-refractivity contribution >= 4 is 6.29 Å². The first-order valence-electron chi connectivity index (χ1n) is 6.82. The molecule has 2 fully saturated rings. The highest BCUT2D eigenvalue weighted by Crippen LogP contribution is 2.50. The van der Waals surface area contributed by atoms with Crippen molar-refractivity contribution in [2.75, 3.05) is 0 Å². The smallest absolute Gasteiger partial charge is 0.151 e. The van der Waals surface area contributed by atoms with Crippen LogP contribution in [0.5, 0.6) is 0 Å². The maximum atomic E-state index is 11.0. The van der Waals surface area contributed by atoms with Crippen LogP contribution in [-0.4, -0.2) is 10.9 Å². The summed E-state index contributed by atoms with van der Waals surface area (Å²) in [5.41, 5.74) is 3.27. The number of aromatic nitrogens is 1. The summed E-state index contributed by atoms with van der Waals surface area (Å²) in [4.78, 5) is 11.0. The summed E-state index contributed by atoms with van der Waals surface area (Å²) in [6, 6.07) is 2.03.